The molecule has 84 valence electrons. The molecule has 15 heavy (non-hydrogen) atoms. The van der Waals surface area contributed by atoms with E-state index in [-0.39, 0.29) is 0 Å². The number of aliphatic hydroxyl groups is 1. The first kappa shape index (κ1) is 12.3. The average molecular weight is 228 g/mol. The molecule has 2 nitrogen and oxygen atoms in total. The van der Waals surface area contributed by atoms with Gasteiger partial charge in [-0.1, -0.05) is 17.7 Å². The van der Waals surface area contributed by atoms with Crippen LogP contribution in [0, 0.1) is 13.8 Å². The van der Waals surface area contributed by atoms with Crippen molar-refractivity contribution >= 4 is 17.3 Å². The molecular formula is C12H18ClNO. The van der Waals surface area contributed by atoms with Gasteiger partial charge in [0.15, 0.2) is 0 Å². The largest absolute Gasteiger partial charge is 0.389 e. The number of rotatable bonds is 3. The van der Waals surface area contributed by atoms with Gasteiger partial charge in [0.25, 0.3) is 0 Å². The van der Waals surface area contributed by atoms with Crippen LogP contribution in [0.2, 0.25) is 5.02 Å². The Kier molecular flexibility index (Phi) is 3.63. The number of halogens is 1. The van der Waals surface area contributed by atoms with Crippen molar-refractivity contribution in [3.63, 3.8) is 0 Å². The second kappa shape index (κ2) is 4.42. The van der Waals surface area contributed by atoms with Crippen molar-refractivity contribution in [2.45, 2.75) is 33.3 Å². The molecule has 1 aromatic rings. The lowest BCUT2D eigenvalue weighted by Gasteiger charge is -2.20. The number of hydrogen-bond acceptors (Lipinski definition) is 2. The van der Waals surface area contributed by atoms with Gasteiger partial charge < -0.3 is 10.4 Å². The standard InChI is InChI=1S/C12H18ClNO/c1-8-5-9(2)11(10(13)6-8)14-7-12(3,4)15/h5-6,14-15H,7H2,1-4H3. The minimum atomic E-state index is -0.735. The average Bonchev–Trinajstić information content (AvgIpc) is 1.99. The minimum Gasteiger partial charge on any atom is -0.389 e. The highest BCUT2D eigenvalue weighted by atomic mass is 35.5. The zero-order valence-electron chi connectivity index (χ0n) is 9.69. The summed E-state index contributed by atoms with van der Waals surface area (Å²) in [4.78, 5) is 0. The molecule has 0 radical (unpaired) electrons. The summed E-state index contributed by atoms with van der Waals surface area (Å²) in [5.74, 6) is 0. The Balaban J connectivity index is 2.86. The van der Waals surface area contributed by atoms with E-state index in [1.54, 1.807) is 13.8 Å². The molecule has 1 rings (SSSR count). The highest BCUT2D eigenvalue weighted by Gasteiger charge is 2.13. The van der Waals surface area contributed by atoms with Gasteiger partial charge in [-0.3, -0.25) is 0 Å². The van der Waals surface area contributed by atoms with Crippen LogP contribution in [0.3, 0.4) is 0 Å². The van der Waals surface area contributed by atoms with Crippen molar-refractivity contribution in [3.05, 3.63) is 28.3 Å². The molecule has 0 spiro atoms. The quantitative estimate of drug-likeness (QED) is 0.832. The Morgan fingerprint density at radius 1 is 1.33 bits per heavy atom. The van der Waals surface area contributed by atoms with Gasteiger partial charge in [-0.25, -0.2) is 0 Å². The zero-order chi connectivity index (χ0) is 11.6. The first-order chi connectivity index (χ1) is 6.79. The maximum absolute atomic E-state index is 9.61. The fraction of sp³-hybridized carbons (Fsp3) is 0.500. The van der Waals surface area contributed by atoms with Gasteiger partial charge in [0.2, 0.25) is 0 Å². The molecule has 0 aliphatic heterocycles. The fourth-order valence-corrected chi connectivity index (χ4v) is 1.83. The molecule has 0 heterocycles. The summed E-state index contributed by atoms with van der Waals surface area (Å²) >= 11 is 6.12. The van der Waals surface area contributed by atoms with Crippen molar-refractivity contribution in [2.24, 2.45) is 0 Å². The van der Waals surface area contributed by atoms with Crippen molar-refractivity contribution in [3.8, 4) is 0 Å². The Morgan fingerprint density at radius 3 is 2.40 bits per heavy atom. The van der Waals surface area contributed by atoms with E-state index in [2.05, 4.69) is 11.4 Å². The van der Waals surface area contributed by atoms with Crippen molar-refractivity contribution in [1.82, 2.24) is 0 Å². The lowest BCUT2D eigenvalue weighted by atomic mass is 10.1. The van der Waals surface area contributed by atoms with Crippen LogP contribution in [-0.2, 0) is 0 Å². The van der Waals surface area contributed by atoms with Crippen LogP contribution in [0.25, 0.3) is 0 Å². The summed E-state index contributed by atoms with van der Waals surface area (Å²) in [7, 11) is 0. The Labute approximate surface area is 96.3 Å². The SMILES string of the molecule is Cc1cc(C)c(NCC(C)(C)O)c(Cl)c1. The van der Waals surface area contributed by atoms with E-state index in [4.69, 9.17) is 11.6 Å². The summed E-state index contributed by atoms with van der Waals surface area (Å²) in [6.45, 7) is 8.02. The van der Waals surface area contributed by atoms with Crippen LogP contribution in [0.5, 0.6) is 0 Å². The number of anilines is 1. The third kappa shape index (κ3) is 3.73. The molecule has 1 aromatic carbocycles. The number of benzene rings is 1. The predicted molar refractivity (Wildman–Crippen MR) is 65.7 cm³/mol. The zero-order valence-corrected chi connectivity index (χ0v) is 10.4. The summed E-state index contributed by atoms with van der Waals surface area (Å²) in [6.07, 6.45) is 0. The van der Waals surface area contributed by atoms with Crippen LogP contribution >= 0.6 is 11.6 Å². The van der Waals surface area contributed by atoms with E-state index in [0.29, 0.717) is 11.6 Å². The molecule has 0 bridgehead atoms. The monoisotopic (exact) mass is 227 g/mol. The summed E-state index contributed by atoms with van der Waals surface area (Å²) < 4.78 is 0. The third-order valence-corrected chi connectivity index (χ3v) is 2.43. The van der Waals surface area contributed by atoms with E-state index in [1.807, 2.05) is 19.9 Å². The molecule has 0 saturated heterocycles. The Morgan fingerprint density at radius 2 is 1.93 bits per heavy atom. The van der Waals surface area contributed by atoms with Gasteiger partial charge in [-0.15, -0.1) is 0 Å². The lowest BCUT2D eigenvalue weighted by molar-refractivity contribution is 0.0945. The molecule has 0 aromatic heterocycles. The molecule has 0 fully saturated rings. The molecule has 0 atom stereocenters. The highest BCUT2D eigenvalue weighted by molar-refractivity contribution is 6.33. The maximum Gasteiger partial charge on any atom is 0.0763 e. The molecule has 2 N–H and O–H groups in total. The second-order valence-electron chi connectivity index (χ2n) is 4.60. The third-order valence-electron chi connectivity index (χ3n) is 2.13. The molecule has 0 aliphatic rings. The first-order valence-electron chi connectivity index (χ1n) is 5.02. The van der Waals surface area contributed by atoms with Crippen molar-refractivity contribution < 1.29 is 5.11 Å². The summed E-state index contributed by atoms with van der Waals surface area (Å²) in [5, 5.41) is 13.5. The lowest BCUT2D eigenvalue weighted by Crippen LogP contribution is -2.29. The Hall–Kier alpha value is -0.730. The van der Waals surface area contributed by atoms with Gasteiger partial charge in [-0.2, -0.15) is 0 Å². The van der Waals surface area contributed by atoms with E-state index in [0.717, 1.165) is 16.8 Å². The van der Waals surface area contributed by atoms with Gasteiger partial charge >= 0.3 is 0 Å². The molecule has 3 heteroatoms. The predicted octanol–water partition coefficient (Wildman–Crippen LogP) is 3.14. The first-order valence-corrected chi connectivity index (χ1v) is 5.40. The minimum absolute atomic E-state index is 0.483. The van der Waals surface area contributed by atoms with E-state index in [1.165, 1.54) is 0 Å². The Bertz CT molecular complexity index is 332. The topological polar surface area (TPSA) is 32.3 Å². The van der Waals surface area contributed by atoms with Crippen LogP contribution in [0.4, 0.5) is 5.69 Å². The molecule has 0 unspecified atom stereocenters. The molecule has 0 aliphatic carbocycles. The van der Waals surface area contributed by atoms with Gasteiger partial charge in [-0.05, 0) is 44.9 Å². The van der Waals surface area contributed by atoms with Gasteiger partial charge in [0.05, 0.1) is 16.3 Å². The van der Waals surface area contributed by atoms with Gasteiger partial charge in [0.1, 0.15) is 0 Å². The smallest absolute Gasteiger partial charge is 0.0763 e. The number of nitrogens with one attached hydrogen (secondary N) is 1. The second-order valence-corrected chi connectivity index (χ2v) is 5.01. The van der Waals surface area contributed by atoms with Crippen molar-refractivity contribution in [2.75, 3.05) is 11.9 Å². The van der Waals surface area contributed by atoms with E-state index in [9.17, 15) is 5.11 Å². The fourth-order valence-electron chi connectivity index (χ4n) is 1.44. The molecular weight excluding hydrogens is 210 g/mol. The number of aryl methyl sites for hydroxylation is 2. The van der Waals surface area contributed by atoms with E-state index < -0.39 is 5.60 Å². The summed E-state index contributed by atoms with van der Waals surface area (Å²) in [6, 6.07) is 3.99. The molecule has 0 saturated carbocycles. The van der Waals surface area contributed by atoms with Crippen LogP contribution in [0.1, 0.15) is 25.0 Å². The van der Waals surface area contributed by atoms with E-state index >= 15 is 0 Å². The molecule has 0 amide bonds. The van der Waals surface area contributed by atoms with Gasteiger partial charge in [0, 0.05) is 6.54 Å². The van der Waals surface area contributed by atoms with Crippen LogP contribution in [0.15, 0.2) is 12.1 Å². The van der Waals surface area contributed by atoms with Crippen LogP contribution < -0.4 is 5.32 Å². The number of hydrogen-bond donors (Lipinski definition) is 2. The van der Waals surface area contributed by atoms with Crippen LogP contribution in [-0.4, -0.2) is 17.3 Å². The maximum atomic E-state index is 9.61. The normalized spacial score (nSPS) is 11.6. The summed E-state index contributed by atoms with van der Waals surface area (Å²) in [5.41, 5.74) is 2.42. The van der Waals surface area contributed by atoms with Crippen molar-refractivity contribution in [1.29, 1.82) is 0 Å². The highest BCUT2D eigenvalue weighted by Crippen LogP contribution is 2.27.